The molecule has 2 aliphatic rings. The molecule has 1 saturated carbocycles. The highest BCUT2D eigenvalue weighted by atomic mass is 19.1. The first-order valence-corrected chi connectivity index (χ1v) is 7.30. The zero-order valence-electron chi connectivity index (χ0n) is 12.1. The van der Waals surface area contributed by atoms with Gasteiger partial charge in [0.1, 0.15) is 11.9 Å². The lowest BCUT2D eigenvalue weighted by Crippen LogP contribution is -2.45. The van der Waals surface area contributed by atoms with Crippen LogP contribution >= 0.6 is 0 Å². The van der Waals surface area contributed by atoms with Crippen LogP contribution in [0.25, 0.3) is 0 Å². The molecule has 1 aromatic carbocycles. The summed E-state index contributed by atoms with van der Waals surface area (Å²) >= 11 is 0. The fraction of sp³-hybridized carbons (Fsp3) is 0.562. The van der Waals surface area contributed by atoms with Gasteiger partial charge < -0.3 is 10.6 Å². The standard InChI is InChI=1S/C16H21FN2O/c1-10-6-12(17)11-8-14(19-13(11)7-10)15(20)18-9-16(2)4-3-5-16/h6-7,14,19H,3-5,8-9H2,1-2H3,(H,18,20). The smallest absolute Gasteiger partial charge is 0.242 e. The van der Waals surface area contributed by atoms with Gasteiger partial charge in [-0.05, 0) is 42.9 Å². The Labute approximate surface area is 118 Å². The maximum atomic E-state index is 13.9. The number of carbonyl (C=O) groups excluding carboxylic acids is 1. The summed E-state index contributed by atoms with van der Waals surface area (Å²) in [6.45, 7) is 4.79. The molecule has 0 spiro atoms. The fourth-order valence-corrected chi connectivity index (χ4v) is 3.09. The summed E-state index contributed by atoms with van der Waals surface area (Å²) in [7, 11) is 0. The van der Waals surface area contributed by atoms with Crippen LogP contribution in [0.15, 0.2) is 12.1 Å². The first-order chi connectivity index (χ1) is 9.47. The molecule has 0 radical (unpaired) electrons. The molecule has 1 aliphatic carbocycles. The molecule has 0 aromatic heterocycles. The third kappa shape index (κ3) is 2.39. The van der Waals surface area contributed by atoms with Gasteiger partial charge in [-0.2, -0.15) is 0 Å². The van der Waals surface area contributed by atoms with Crippen molar-refractivity contribution in [1.29, 1.82) is 0 Å². The maximum Gasteiger partial charge on any atom is 0.242 e. The van der Waals surface area contributed by atoms with Crippen molar-refractivity contribution in [2.24, 2.45) is 5.41 Å². The van der Waals surface area contributed by atoms with Gasteiger partial charge in [0, 0.05) is 24.2 Å². The van der Waals surface area contributed by atoms with Crippen molar-refractivity contribution in [3.63, 3.8) is 0 Å². The minimum absolute atomic E-state index is 0.0219. The highest BCUT2D eigenvalue weighted by Gasteiger charge is 2.34. The van der Waals surface area contributed by atoms with Gasteiger partial charge in [0.2, 0.25) is 5.91 Å². The van der Waals surface area contributed by atoms with E-state index in [0.717, 1.165) is 17.8 Å². The number of nitrogens with one attached hydrogen (secondary N) is 2. The van der Waals surface area contributed by atoms with E-state index >= 15 is 0 Å². The number of aryl methyl sites for hydroxylation is 1. The lowest BCUT2D eigenvalue weighted by Gasteiger charge is -2.38. The molecule has 20 heavy (non-hydrogen) atoms. The Morgan fingerprint density at radius 2 is 2.25 bits per heavy atom. The summed E-state index contributed by atoms with van der Waals surface area (Å²) in [5, 5.41) is 6.15. The summed E-state index contributed by atoms with van der Waals surface area (Å²) in [6, 6.07) is 3.08. The van der Waals surface area contributed by atoms with Crippen molar-refractivity contribution in [2.45, 2.75) is 45.6 Å². The molecule has 3 rings (SSSR count). The van der Waals surface area contributed by atoms with Crippen LogP contribution in [0.3, 0.4) is 0 Å². The molecule has 4 heteroatoms. The van der Waals surface area contributed by atoms with E-state index in [1.165, 1.54) is 25.3 Å². The fourth-order valence-electron chi connectivity index (χ4n) is 3.09. The third-order valence-electron chi connectivity index (χ3n) is 4.64. The van der Waals surface area contributed by atoms with Gasteiger partial charge in [0.25, 0.3) is 0 Å². The molecular formula is C16H21FN2O. The lowest BCUT2D eigenvalue weighted by molar-refractivity contribution is -0.122. The minimum atomic E-state index is -0.343. The zero-order chi connectivity index (χ0) is 14.3. The molecule has 0 saturated heterocycles. The van der Waals surface area contributed by atoms with Gasteiger partial charge in [-0.15, -0.1) is 0 Å². The summed E-state index contributed by atoms with van der Waals surface area (Å²) < 4.78 is 13.9. The molecule has 1 aliphatic heterocycles. The van der Waals surface area contributed by atoms with E-state index < -0.39 is 0 Å². The Morgan fingerprint density at radius 1 is 1.50 bits per heavy atom. The Morgan fingerprint density at radius 3 is 2.90 bits per heavy atom. The molecule has 1 aromatic rings. The van der Waals surface area contributed by atoms with E-state index in [9.17, 15) is 9.18 Å². The normalized spacial score (nSPS) is 22.6. The predicted octanol–water partition coefficient (Wildman–Crippen LogP) is 2.78. The van der Waals surface area contributed by atoms with Crippen LogP contribution in [-0.2, 0) is 11.2 Å². The van der Waals surface area contributed by atoms with Gasteiger partial charge in [0.05, 0.1) is 0 Å². The van der Waals surface area contributed by atoms with Crippen LogP contribution in [0.1, 0.15) is 37.3 Å². The second-order valence-corrected chi connectivity index (χ2v) is 6.56. The van der Waals surface area contributed by atoms with Crippen LogP contribution in [0, 0.1) is 18.2 Å². The number of hydrogen-bond acceptors (Lipinski definition) is 2. The van der Waals surface area contributed by atoms with Crippen molar-refractivity contribution in [3.05, 3.63) is 29.1 Å². The molecule has 108 valence electrons. The van der Waals surface area contributed by atoms with Crippen molar-refractivity contribution in [1.82, 2.24) is 5.32 Å². The first-order valence-electron chi connectivity index (χ1n) is 7.30. The largest absolute Gasteiger partial charge is 0.373 e. The second-order valence-electron chi connectivity index (χ2n) is 6.56. The molecule has 1 unspecified atom stereocenters. The number of halogens is 1. The Kier molecular flexibility index (Phi) is 3.19. The van der Waals surface area contributed by atoms with Crippen LogP contribution < -0.4 is 10.6 Å². The first kappa shape index (κ1) is 13.4. The van der Waals surface area contributed by atoms with Crippen LogP contribution in [-0.4, -0.2) is 18.5 Å². The number of fused-ring (bicyclic) bond motifs is 1. The maximum absolute atomic E-state index is 13.9. The van der Waals surface area contributed by atoms with E-state index in [4.69, 9.17) is 0 Å². The summed E-state index contributed by atoms with van der Waals surface area (Å²) in [6.07, 6.45) is 4.05. The van der Waals surface area contributed by atoms with Gasteiger partial charge >= 0.3 is 0 Å². The Hall–Kier alpha value is -1.58. The lowest BCUT2D eigenvalue weighted by atomic mass is 9.70. The van der Waals surface area contributed by atoms with Crippen molar-refractivity contribution >= 4 is 11.6 Å². The van der Waals surface area contributed by atoms with Crippen molar-refractivity contribution in [3.8, 4) is 0 Å². The molecule has 3 nitrogen and oxygen atoms in total. The molecule has 2 N–H and O–H groups in total. The second kappa shape index (κ2) is 4.76. The summed E-state index contributed by atoms with van der Waals surface area (Å²) in [5.41, 5.74) is 2.53. The molecular weight excluding hydrogens is 255 g/mol. The summed E-state index contributed by atoms with van der Waals surface area (Å²) in [4.78, 5) is 12.2. The highest BCUT2D eigenvalue weighted by molar-refractivity contribution is 5.87. The SMILES string of the molecule is Cc1cc(F)c2c(c1)NC(C(=O)NCC1(C)CCC1)C2. The monoisotopic (exact) mass is 276 g/mol. The molecule has 1 amide bonds. The van der Waals surface area contributed by atoms with Crippen LogP contribution in [0.2, 0.25) is 0 Å². The number of hydrogen-bond donors (Lipinski definition) is 2. The number of carbonyl (C=O) groups is 1. The predicted molar refractivity (Wildman–Crippen MR) is 77.2 cm³/mol. The number of anilines is 1. The molecule has 1 heterocycles. The van der Waals surface area contributed by atoms with E-state index in [2.05, 4.69) is 17.6 Å². The molecule has 1 fully saturated rings. The number of amides is 1. The van der Waals surface area contributed by atoms with Crippen LogP contribution in [0.5, 0.6) is 0 Å². The molecule has 0 bridgehead atoms. The zero-order valence-corrected chi connectivity index (χ0v) is 12.1. The summed E-state index contributed by atoms with van der Waals surface area (Å²) in [5.74, 6) is -0.236. The van der Waals surface area contributed by atoms with E-state index in [0.29, 0.717) is 12.0 Å². The van der Waals surface area contributed by atoms with E-state index in [-0.39, 0.29) is 23.2 Å². The number of rotatable bonds is 3. The van der Waals surface area contributed by atoms with Crippen LogP contribution in [0.4, 0.5) is 10.1 Å². The molecule has 1 atom stereocenters. The Balaban J connectivity index is 1.63. The number of benzene rings is 1. The van der Waals surface area contributed by atoms with Crippen molar-refractivity contribution in [2.75, 3.05) is 11.9 Å². The van der Waals surface area contributed by atoms with Gasteiger partial charge in [0.15, 0.2) is 0 Å². The van der Waals surface area contributed by atoms with Gasteiger partial charge in [-0.25, -0.2) is 4.39 Å². The highest BCUT2D eigenvalue weighted by Crippen LogP contribution is 2.39. The third-order valence-corrected chi connectivity index (χ3v) is 4.64. The topological polar surface area (TPSA) is 41.1 Å². The minimum Gasteiger partial charge on any atom is -0.373 e. The van der Waals surface area contributed by atoms with Gasteiger partial charge in [-0.1, -0.05) is 13.3 Å². The average Bonchev–Trinajstić information content (AvgIpc) is 2.77. The quantitative estimate of drug-likeness (QED) is 0.891. The van der Waals surface area contributed by atoms with Crippen molar-refractivity contribution < 1.29 is 9.18 Å². The van der Waals surface area contributed by atoms with E-state index in [1.54, 1.807) is 0 Å². The average molecular weight is 276 g/mol. The van der Waals surface area contributed by atoms with E-state index in [1.807, 2.05) is 13.0 Å². The Bertz CT molecular complexity index is 552. The van der Waals surface area contributed by atoms with Gasteiger partial charge in [-0.3, -0.25) is 4.79 Å².